The maximum absolute atomic E-state index is 13.5. The molecule has 0 amide bonds. The normalized spacial score (nSPS) is 12.8. The lowest BCUT2D eigenvalue weighted by Crippen LogP contribution is -2.37. The largest absolute Gasteiger partial charge is 0.461 e. The number of rotatable bonds is 2. The van der Waals surface area contributed by atoms with Crippen LogP contribution in [-0.4, -0.2) is 25.9 Å². The van der Waals surface area contributed by atoms with E-state index in [1.807, 2.05) is 0 Å². The fourth-order valence-corrected chi connectivity index (χ4v) is 2.26. The average Bonchev–Trinajstić information content (AvgIpc) is 2.83. The van der Waals surface area contributed by atoms with Gasteiger partial charge in [-0.2, -0.15) is 27.1 Å². The van der Waals surface area contributed by atoms with Gasteiger partial charge in [0.1, 0.15) is 11.2 Å². The topological polar surface area (TPSA) is 63.6 Å². The van der Waals surface area contributed by atoms with Gasteiger partial charge < -0.3 is 4.98 Å². The van der Waals surface area contributed by atoms with Gasteiger partial charge >= 0.3 is 12.1 Å². The van der Waals surface area contributed by atoms with E-state index in [0.29, 0.717) is 0 Å². The minimum atomic E-state index is -5.95. The van der Waals surface area contributed by atoms with Crippen LogP contribution in [-0.2, 0) is 5.92 Å². The van der Waals surface area contributed by atoms with Crippen LogP contribution >= 0.6 is 0 Å². The number of nitrogens with one attached hydrogen (secondary N) is 1. The van der Waals surface area contributed by atoms with Crippen molar-refractivity contribution in [3.05, 3.63) is 52.0 Å². The van der Waals surface area contributed by atoms with Gasteiger partial charge in [0.15, 0.2) is 11.5 Å². The number of nitrogens with zero attached hydrogens (tertiary/aromatic N) is 3. The molecule has 0 spiro atoms. The van der Waals surface area contributed by atoms with E-state index in [1.54, 1.807) is 0 Å². The number of benzene rings is 1. The molecule has 2 heterocycles. The van der Waals surface area contributed by atoms with Crippen molar-refractivity contribution in [2.45, 2.75) is 19.0 Å². The highest BCUT2D eigenvalue weighted by atomic mass is 19.4. The van der Waals surface area contributed by atoms with Gasteiger partial charge in [-0.15, -0.1) is 0 Å². The van der Waals surface area contributed by atoms with Crippen molar-refractivity contribution in [3.8, 4) is 5.69 Å². The molecule has 1 aromatic carbocycles. The van der Waals surface area contributed by atoms with Crippen molar-refractivity contribution in [2.24, 2.45) is 0 Å². The lowest BCUT2D eigenvalue weighted by Gasteiger charge is -2.18. The van der Waals surface area contributed by atoms with E-state index in [9.17, 15) is 31.1 Å². The maximum Gasteiger partial charge on any atom is 0.461 e. The van der Waals surface area contributed by atoms with Crippen LogP contribution in [0.2, 0.25) is 0 Å². The highest BCUT2D eigenvalue weighted by Crippen LogP contribution is 2.42. The van der Waals surface area contributed by atoms with Crippen molar-refractivity contribution in [3.63, 3.8) is 0 Å². The second-order valence-corrected chi connectivity index (χ2v) is 5.16. The summed E-state index contributed by atoms with van der Waals surface area (Å²) in [6.45, 7) is 1.34. The lowest BCUT2D eigenvalue weighted by molar-refractivity contribution is -0.292. The van der Waals surface area contributed by atoms with Gasteiger partial charge in [0.05, 0.1) is 11.4 Å². The van der Waals surface area contributed by atoms with Crippen LogP contribution in [0.15, 0.2) is 29.1 Å². The van der Waals surface area contributed by atoms with Gasteiger partial charge in [-0.25, -0.2) is 14.1 Å². The molecule has 0 unspecified atom stereocenters. The maximum atomic E-state index is 13.5. The number of aromatic amines is 1. The zero-order valence-electron chi connectivity index (χ0n) is 12.3. The molecule has 11 heteroatoms. The molecule has 5 nitrogen and oxygen atoms in total. The Hall–Kier alpha value is -2.85. The smallest absolute Gasteiger partial charge is 0.304 e. The average molecular weight is 362 g/mol. The van der Waals surface area contributed by atoms with Gasteiger partial charge in [-0.05, 0) is 25.1 Å². The Bertz CT molecular complexity index is 1020. The first-order valence-corrected chi connectivity index (χ1v) is 6.73. The van der Waals surface area contributed by atoms with Gasteiger partial charge in [-0.1, -0.05) is 6.07 Å². The number of hydrogen-bond donors (Lipinski definition) is 1. The number of hydrogen-bond acceptors (Lipinski definition) is 3. The van der Waals surface area contributed by atoms with Gasteiger partial charge in [0, 0.05) is 0 Å². The number of H-pyrrole nitrogens is 1. The van der Waals surface area contributed by atoms with Gasteiger partial charge in [0.2, 0.25) is 0 Å². The van der Waals surface area contributed by atoms with Crippen LogP contribution in [0.25, 0.3) is 16.7 Å². The highest BCUT2D eigenvalue weighted by molar-refractivity contribution is 5.78. The molecule has 0 fully saturated rings. The van der Waals surface area contributed by atoms with Crippen LogP contribution in [0.5, 0.6) is 0 Å². The monoisotopic (exact) mass is 362 g/mol. The number of fused-ring (bicyclic) bond motifs is 1. The second kappa shape index (κ2) is 5.33. The molecule has 3 aromatic rings. The Morgan fingerprint density at radius 3 is 2.44 bits per heavy atom. The van der Waals surface area contributed by atoms with Crippen molar-refractivity contribution in [2.75, 3.05) is 0 Å². The molecule has 25 heavy (non-hydrogen) atoms. The molecule has 0 atom stereocenters. The number of aryl methyl sites for hydroxylation is 1. The van der Waals surface area contributed by atoms with E-state index >= 15 is 0 Å². The molecule has 0 saturated heterocycles. The van der Waals surface area contributed by atoms with Gasteiger partial charge in [-0.3, -0.25) is 4.79 Å². The third-order valence-corrected chi connectivity index (χ3v) is 3.42. The minimum absolute atomic E-state index is 0.0116. The molecule has 2 aromatic heterocycles. The predicted octanol–water partition coefficient (Wildman–Crippen LogP) is 3.21. The summed E-state index contributed by atoms with van der Waals surface area (Å²) in [6, 6.07) is 4.69. The third-order valence-electron chi connectivity index (χ3n) is 3.42. The summed E-state index contributed by atoms with van der Waals surface area (Å²) in [7, 11) is 0. The summed E-state index contributed by atoms with van der Waals surface area (Å²) in [5.74, 6) is -7.93. The van der Waals surface area contributed by atoms with E-state index in [-0.39, 0.29) is 16.8 Å². The SMILES string of the molecule is Cc1nn(-c2cccc(F)c2)c2nc(C(F)(F)C(F)(F)F)[nH]c(=O)c12. The third kappa shape index (κ3) is 2.65. The summed E-state index contributed by atoms with van der Waals surface area (Å²) in [5.41, 5.74) is -1.69. The van der Waals surface area contributed by atoms with Crippen molar-refractivity contribution in [1.82, 2.24) is 19.7 Å². The first-order chi connectivity index (χ1) is 11.5. The highest BCUT2D eigenvalue weighted by Gasteiger charge is 2.61. The Labute approximate surface area is 134 Å². The Balaban J connectivity index is 2.34. The summed E-state index contributed by atoms with van der Waals surface area (Å²) in [6.07, 6.45) is -5.95. The Morgan fingerprint density at radius 1 is 1.16 bits per heavy atom. The molecule has 0 saturated carbocycles. The van der Waals surface area contributed by atoms with Crippen LogP contribution in [0.1, 0.15) is 11.5 Å². The minimum Gasteiger partial charge on any atom is -0.304 e. The van der Waals surface area contributed by atoms with E-state index in [0.717, 1.165) is 16.8 Å². The van der Waals surface area contributed by atoms with Gasteiger partial charge in [0.25, 0.3) is 5.56 Å². The fourth-order valence-electron chi connectivity index (χ4n) is 2.26. The molecule has 0 bridgehead atoms. The molecular formula is C14H8F6N4O. The molecule has 132 valence electrons. The molecule has 1 N–H and O–H groups in total. The molecule has 0 aliphatic carbocycles. The summed E-state index contributed by atoms with van der Waals surface area (Å²) in [5, 5.41) is 3.62. The summed E-state index contributed by atoms with van der Waals surface area (Å²) >= 11 is 0. The Kier molecular flexibility index (Phi) is 3.62. The van der Waals surface area contributed by atoms with Crippen LogP contribution in [0.3, 0.4) is 0 Å². The molecule has 0 aliphatic heterocycles. The van der Waals surface area contributed by atoms with E-state index < -0.39 is 34.9 Å². The molecular weight excluding hydrogens is 354 g/mol. The number of halogens is 6. The van der Waals surface area contributed by atoms with Crippen LogP contribution in [0.4, 0.5) is 26.3 Å². The van der Waals surface area contributed by atoms with Crippen molar-refractivity contribution in [1.29, 1.82) is 0 Å². The van der Waals surface area contributed by atoms with Crippen LogP contribution < -0.4 is 5.56 Å². The lowest BCUT2D eigenvalue weighted by atomic mass is 10.2. The quantitative estimate of drug-likeness (QED) is 0.712. The zero-order valence-corrected chi connectivity index (χ0v) is 12.3. The van der Waals surface area contributed by atoms with Crippen molar-refractivity contribution >= 4 is 11.0 Å². The molecule has 0 aliphatic rings. The summed E-state index contributed by atoms with van der Waals surface area (Å²) in [4.78, 5) is 16.7. The Morgan fingerprint density at radius 2 is 1.84 bits per heavy atom. The van der Waals surface area contributed by atoms with E-state index in [4.69, 9.17) is 0 Å². The standard InChI is InChI=1S/C14H8F6N4O/c1-6-9-10(24(23-6)8-4-2-3-7(15)5-8)21-12(22-11(9)25)13(16,17)14(18,19)20/h2-5H,1H3,(H,21,22,25). The van der Waals surface area contributed by atoms with Crippen LogP contribution in [0, 0.1) is 12.7 Å². The zero-order chi connectivity index (χ0) is 18.6. The van der Waals surface area contributed by atoms with E-state index in [2.05, 4.69) is 10.1 Å². The second-order valence-electron chi connectivity index (χ2n) is 5.16. The number of alkyl halides is 5. The molecule has 3 rings (SSSR count). The van der Waals surface area contributed by atoms with Crippen molar-refractivity contribution < 1.29 is 26.3 Å². The fraction of sp³-hybridized carbons (Fsp3) is 0.214. The van der Waals surface area contributed by atoms with E-state index in [1.165, 1.54) is 24.0 Å². The first-order valence-electron chi connectivity index (χ1n) is 6.73. The number of aromatic nitrogens is 4. The predicted molar refractivity (Wildman–Crippen MR) is 74.1 cm³/mol. The molecule has 0 radical (unpaired) electrons. The summed E-state index contributed by atoms with van der Waals surface area (Å²) < 4.78 is 78.9. The first kappa shape index (κ1) is 17.0.